The number of benzene rings is 1. The molecule has 3 aromatic rings. The zero-order valence-corrected chi connectivity index (χ0v) is 11.4. The highest BCUT2D eigenvalue weighted by atomic mass is 16.5. The molecule has 1 N–H and O–H groups in total. The molecule has 5 nitrogen and oxygen atoms in total. The van der Waals surface area contributed by atoms with Gasteiger partial charge in [-0.15, -0.1) is 0 Å². The van der Waals surface area contributed by atoms with Crippen LogP contribution in [-0.2, 0) is 6.42 Å². The number of nitrogens with one attached hydrogen (secondary N) is 1. The molecule has 0 radical (unpaired) electrons. The SMILES string of the molecule is COc1cc2nc(Cc3cccnc3)[nH]c2cc1OC. The van der Waals surface area contributed by atoms with E-state index in [0.717, 1.165) is 22.4 Å². The molecule has 0 spiro atoms. The molecule has 5 heteroatoms. The Hall–Kier alpha value is -2.56. The molecule has 2 aromatic heterocycles. The second-order valence-electron chi connectivity index (χ2n) is 4.45. The van der Waals surface area contributed by atoms with Gasteiger partial charge in [0.1, 0.15) is 5.82 Å². The number of aromatic amines is 1. The summed E-state index contributed by atoms with van der Waals surface area (Å²) in [4.78, 5) is 12.0. The Morgan fingerprint density at radius 3 is 2.65 bits per heavy atom. The zero-order valence-electron chi connectivity index (χ0n) is 11.4. The van der Waals surface area contributed by atoms with Crippen molar-refractivity contribution in [1.82, 2.24) is 15.0 Å². The molecule has 0 unspecified atom stereocenters. The summed E-state index contributed by atoms with van der Waals surface area (Å²) in [7, 11) is 3.24. The van der Waals surface area contributed by atoms with Crippen LogP contribution in [0.15, 0.2) is 36.7 Å². The van der Waals surface area contributed by atoms with E-state index in [-0.39, 0.29) is 0 Å². The van der Waals surface area contributed by atoms with Crippen LogP contribution in [-0.4, -0.2) is 29.2 Å². The molecular weight excluding hydrogens is 254 g/mol. The van der Waals surface area contributed by atoms with Crippen LogP contribution in [0.5, 0.6) is 11.5 Å². The number of H-pyrrole nitrogens is 1. The molecule has 102 valence electrons. The predicted molar refractivity (Wildman–Crippen MR) is 76.2 cm³/mol. The molecule has 2 heterocycles. The summed E-state index contributed by atoms with van der Waals surface area (Å²) in [6.07, 6.45) is 4.32. The van der Waals surface area contributed by atoms with Crippen molar-refractivity contribution < 1.29 is 9.47 Å². The first-order valence-corrected chi connectivity index (χ1v) is 6.29. The molecule has 3 rings (SSSR count). The smallest absolute Gasteiger partial charge is 0.163 e. The van der Waals surface area contributed by atoms with E-state index in [9.17, 15) is 0 Å². The quantitative estimate of drug-likeness (QED) is 0.790. The lowest BCUT2D eigenvalue weighted by Crippen LogP contribution is -1.90. The van der Waals surface area contributed by atoms with E-state index in [0.29, 0.717) is 17.9 Å². The molecule has 1 aromatic carbocycles. The highest BCUT2D eigenvalue weighted by molar-refractivity contribution is 5.79. The van der Waals surface area contributed by atoms with Crippen LogP contribution in [0, 0.1) is 0 Å². The maximum Gasteiger partial charge on any atom is 0.163 e. The van der Waals surface area contributed by atoms with Crippen LogP contribution in [0.4, 0.5) is 0 Å². The number of aromatic nitrogens is 3. The third-order valence-electron chi connectivity index (χ3n) is 3.13. The maximum absolute atomic E-state index is 5.29. The molecule has 0 aliphatic rings. The van der Waals surface area contributed by atoms with Gasteiger partial charge < -0.3 is 14.5 Å². The van der Waals surface area contributed by atoms with E-state index in [2.05, 4.69) is 15.0 Å². The maximum atomic E-state index is 5.29. The van der Waals surface area contributed by atoms with Crippen LogP contribution >= 0.6 is 0 Å². The monoisotopic (exact) mass is 269 g/mol. The number of fused-ring (bicyclic) bond motifs is 1. The molecule has 0 bridgehead atoms. The van der Waals surface area contributed by atoms with Crippen molar-refractivity contribution in [2.75, 3.05) is 14.2 Å². The number of hydrogen-bond donors (Lipinski definition) is 1. The lowest BCUT2D eigenvalue weighted by Gasteiger charge is -2.06. The van der Waals surface area contributed by atoms with E-state index in [4.69, 9.17) is 9.47 Å². The topological polar surface area (TPSA) is 60.0 Å². The Labute approximate surface area is 116 Å². The van der Waals surface area contributed by atoms with E-state index in [1.54, 1.807) is 20.4 Å². The van der Waals surface area contributed by atoms with Gasteiger partial charge in [0.25, 0.3) is 0 Å². The highest BCUT2D eigenvalue weighted by Crippen LogP contribution is 2.31. The molecule has 0 fully saturated rings. The summed E-state index contributed by atoms with van der Waals surface area (Å²) < 4.78 is 10.6. The third kappa shape index (κ3) is 2.30. The van der Waals surface area contributed by atoms with Crippen molar-refractivity contribution in [1.29, 1.82) is 0 Å². The summed E-state index contributed by atoms with van der Waals surface area (Å²) in [6.45, 7) is 0. The third-order valence-corrected chi connectivity index (χ3v) is 3.13. The van der Waals surface area contributed by atoms with Gasteiger partial charge in [0.15, 0.2) is 11.5 Å². The van der Waals surface area contributed by atoms with Gasteiger partial charge >= 0.3 is 0 Å². The van der Waals surface area contributed by atoms with E-state index in [1.165, 1.54) is 0 Å². The van der Waals surface area contributed by atoms with Crippen LogP contribution in [0.25, 0.3) is 11.0 Å². The lowest BCUT2D eigenvalue weighted by atomic mass is 10.2. The van der Waals surface area contributed by atoms with Crippen molar-refractivity contribution >= 4 is 11.0 Å². The predicted octanol–water partition coefficient (Wildman–Crippen LogP) is 2.57. The zero-order chi connectivity index (χ0) is 13.9. The fraction of sp³-hybridized carbons (Fsp3) is 0.200. The molecule has 0 saturated heterocycles. The second kappa shape index (κ2) is 5.21. The van der Waals surface area contributed by atoms with Gasteiger partial charge in [0, 0.05) is 30.9 Å². The summed E-state index contributed by atoms with van der Waals surface area (Å²) >= 11 is 0. The average molecular weight is 269 g/mol. The van der Waals surface area contributed by atoms with Gasteiger partial charge in [-0.25, -0.2) is 4.98 Å². The first-order valence-electron chi connectivity index (χ1n) is 6.29. The first kappa shape index (κ1) is 12.5. The second-order valence-corrected chi connectivity index (χ2v) is 4.45. The van der Waals surface area contributed by atoms with Crippen LogP contribution < -0.4 is 9.47 Å². The minimum Gasteiger partial charge on any atom is -0.493 e. The summed E-state index contributed by atoms with van der Waals surface area (Å²) in [5.74, 6) is 2.26. The highest BCUT2D eigenvalue weighted by Gasteiger charge is 2.10. The Bertz CT molecular complexity index is 682. The molecule has 0 saturated carbocycles. The standard InChI is InChI=1S/C15H15N3O2/c1-19-13-7-11-12(8-14(13)20-2)18-15(17-11)6-10-4-3-5-16-9-10/h3-5,7-9H,6H2,1-2H3,(H,17,18). The number of hydrogen-bond acceptors (Lipinski definition) is 4. The van der Waals surface area contributed by atoms with Crippen LogP contribution in [0.3, 0.4) is 0 Å². The Kier molecular flexibility index (Phi) is 3.25. The Morgan fingerprint density at radius 1 is 1.15 bits per heavy atom. The van der Waals surface area contributed by atoms with Crippen molar-refractivity contribution in [3.8, 4) is 11.5 Å². The Balaban J connectivity index is 1.98. The van der Waals surface area contributed by atoms with E-state index >= 15 is 0 Å². The first-order chi connectivity index (χ1) is 9.80. The molecule has 20 heavy (non-hydrogen) atoms. The van der Waals surface area contributed by atoms with Crippen molar-refractivity contribution in [3.05, 3.63) is 48.0 Å². The van der Waals surface area contributed by atoms with Gasteiger partial charge in [0.2, 0.25) is 0 Å². The number of rotatable bonds is 4. The van der Waals surface area contributed by atoms with Gasteiger partial charge in [-0.1, -0.05) is 6.07 Å². The van der Waals surface area contributed by atoms with Crippen molar-refractivity contribution in [3.63, 3.8) is 0 Å². The number of methoxy groups -OCH3 is 2. The number of imidazole rings is 1. The molecule has 0 atom stereocenters. The average Bonchev–Trinajstić information content (AvgIpc) is 2.87. The molecule has 0 aliphatic heterocycles. The normalized spacial score (nSPS) is 10.7. The summed E-state index contributed by atoms with van der Waals surface area (Å²) in [6, 6.07) is 7.72. The molecule has 0 aliphatic carbocycles. The largest absolute Gasteiger partial charge is 0.493 e. The lowest BCUT2D eigenvalue weighted by molar-refractivity contribution is 0.356. The number of nitrogens with zero attached hydrogens (tertiary/aromatic N) is 2. The van der Waals surface area contributed by atoms with Gasteiger partial charge in [-0.05, 0) is 11.6 Å². The van der Waals surface area contributed by atoms with Crippen molar-refractivity contribution in [2.24, 2.45) is 0 Å². The minimum absolute atomic E-state index is 0.680. The van der Waals surface area contributed by atoms with Gasteiger partial charge in [-0.3, -0.25) is 4.98 Å². The van der Waals surface area contributed by atoms with Crippen LogP contribution in [0.2, 0.25) is 0 Å². The van der Waals surface area contributed by atoms with Gasteiger partial charge in [-0.2, -0.15) is 0 Å². The summed E-state index contributed by atoms with van der Waals surface area (Å²) in [5.41, 5.74) is 2.91. The number of pyridine rings is 1. The summed E-state index contributed by atoms with van der Waals surface area (Å²) in [5, 5.41) is 0. The molecule has 0 amide bonds. The van der Waals surface area contributed by atoms with Crippen molar-refractivity contribution in [2.45, 2.75) is 6.42 Å². The van der Waals surface area contributed by atoms with E-state index in [1.807, 2.05) is 30.5 Å². The van der Waals surface area contributed by atoms with Gasteiger partial charge in [0.05, 0.1) is 25.3 Å². The minimum atomic E-state index is 0.680. The van der Waals surface area contributed by atoms with Crippen LogP contribution in [0.1, 0.15) is 11.4 Å². The fourth-order valence-electron chi connectivity index (χ4n) is 2.17. The number of ether oxygens (including phenoxy) is 2. The fourth-order valence-corrected chi connectivity index (χ4v) is 2.17. The Morgan fingerprint density at radius 2 is 1.95 bits per heavy atom. The van der Waals surface area contributed by atoms with E-state index < -0.39 is 0 Å². The molecular formula is C15H15N3O2.